The van der Waals surface area contributed by atoms with E-state index in [1.807, 2.05) is 12.1 Å². The second-order valence-corrected chi connectivity index (χ2v) is 6.72. The predicted molar refractivity (Wildman–Crippen MR) is 83.0 cm³/mol. The lowest BCUT2D eigenvalue weighted by atomic mass is 9.99. The molecule has 0 aromatic heterocycles. The summed E-state index contributed by atoms with van der Waals surface area (Å²) in [5, 5.41) is 5.53. The predicted octanol–water partition coefficient (Wildman–Crippen LogP) is 4.93. The van der Waals surface area contributed by atoms with Crippen molar-refractivity contribution in [3.8, 4) is 0 Å². The van der Waals surface area contributed by atoms with E-state index in [1.54, 1.807) is 0 Å². The highest BCUT2D eigenvalue weighted by molar-refractivity contribution is 8.00. The fraction of sp³-hybridized carbons (Fsp3) is 0.571. The maximum atomic E-state index is 6.36. The minimum atomic E-state index is 0.312. The van der Waals surface area contributed by atoms with Crippen LogP contribution >= 0.6 is 35.0 Å². The van der Waals surface area contributed by atoms with Crippen LogP contribution in [0.1, 0.15) is 37.8 Å². The molecule has 1 saturated heterocycles. The Morgan fingerprint density at radius 3 is 2.89 bits per heavy atom. The van der Waals surface area contributed by atoms with Gasteiger partial charge in [-0.1, -0.05) is 48.7 Å². The molecule has 18 heavy (non-hydrogen) atoms. The Morgan fingerprint density at radius 2 is 2.22 bits per heavy atom. The summed E-state index contributed by atoms with van der Waals surface area (Å²) in [6.07, 6.45) is 3.91. The molecular formula is C14H19Cl2NS. The van der Waals surface area contributed by atoms with Gasteiger partial charge in [0.25, 0.3) is 0 Å². The molecule has 2 rings (SSSR count). The SMILES string of the molecule is CCNC(c1cccc(Cl)c1Cl)C1CCCCS1. The van der Waals surface area contributed by atoms with E-state index in [1.165, 1.54) is 25.0 Å². The van der Waals surface area contributed by atoms with E-state index in [-0.39, 0.29) is 0 Å². The number of halogens is 2. The Morgan fingerprint density at radius 1 is 1.39 bits per heavy atom. The molecule has 0 aliphatic carbocycles. The molecule has 1 aromatic rings. The standard InChI is InChI=1S/C14H19Cl2NS/c1-2-17-14(12-8-3-4-9-18-12)10-6-5-7-11(15)13(10)16/h5-7,12,14,17H,2-4,8-9H2,1H3. The van der Waals surface area contributed by atoms with Gasteiger partial charge in [0.15, 0.2) is 0 Å². The van der Waals surface area contributed by atoms with E-state index in [2.05, 4.69) is 30.1 Å². The number of hydrogen-bond acceptors (Lipinski definition) is 2. The first-order valence-corrected chi connectivity index (χ1v) is 8.33. The lowest BCUT2D eigenvalue weighted by Crippen LogP contribution is -2.32. The van der Waals surface area contributed by atoms with Crippen LogP contribution in [0.15, 0.2) is 18.2 Å². The fourth-order valence-corrected chi connectivity index (χ4v) is 4.32. The third-order valence-electron chi connectivity index (χ3n) is 3.33. The Labute approximate surface area is 124 Å². The number of nitrogens with one attached hydrogen (secondary N) is 1. The lowest BCUT2D eigenvalue weighted by Gasteiger charge is -2.31. The number of hydrogen-bond donors (Lipinski definition) is 1. The van der Waals surface area contributed by atoms with Gasteiger partial charge in [-0.3, -0.25) is 0 Å². The largest absolute Gasteiger partial charge is 0.309 e. The van der Waals surface area contributed by atoms with Crippen LogP contribution in [-0.2, 0) is 0 Å². The van der Waals surface area contributed by atoms with Crippen LogP contribution in [0.4, 0.5) is 0 Å². The van der Waals surface area contributed by atoms with Crippen molar-refractivity contribution in [1.29, 1.82) is 0 Å². The van der Waals surface area contributed by atoms with Crippen molar-refractivity contribution in [2.75, 3.05) is 12.3 Å². The second kappa shape index (κ2) is 7.04. The maximum absolute atomic E-state index is 6.36. The minimum absolute atomic E-state index is 0.312. The smallest absolute Gasteiger partial charge is 0.0640 e. The molecule has 0 bridgehead atoms. The highest BCUT2D eigenvalue weighted by Gasteiger charge is 2.26. The summed E-state index contributed by atoms with van der Waals surface area (Å²) < 4.78 is 0. The Bertz CT molecular complexity index is 391. The molecule has 1 heterocycles. The molecule has 1 N–H and O–H groups in total. The number of benzene rings is 1. The topological polar surface area (TPSA) is 12.0 Å². The molecular weight excluding hydrogens is 285 g/mol. The van der Waals surface area contributed by atoms with Gasteiger partial charge in [0.05, 0.1) is 10.0 Å². The average Bonchev–Trinajstić information content (AvgIpc) is 2.41. The van der Waals surface area contributed by atoms with Gasteiger partial charge in [0.1, 0.15) is 0 Å². The van der Waals surface area contributed by atoms with Crippen LogP contribution in [0.2, 0.25) is 10.0 Å². The first-order valence-electron chi connectivity index (χ1n) is 6.53. The summed E-state index contributed by atoms with van der Waals surface area (Å²) >= 11 is 14.5. The third kappa shape index (κ3) is 3.36. The number of rotatable bonds is 4. The van der Waals surface area contributed by atoms with Gasteiger partial charge in [0, 0.05) is 11.3 Å². The maximum Gasteiger partial charge on any atom is 0.0640 e. The highest BCUT2D eigenvalue weighted by Crippen LogP contribution is 2.39. The number of thioether (sulfide) groups is 1. The van der Waals surface area contributed by atoms with Crippen molar-refractivity contribution in [1.82, 2.24) is 5.32 Å². The molecule has 0 spiro atoms. The fourth-order valence-electron chi connectivity index (χ4n) is 2.45. The van der Waals surface area contributed by atoms with Gasteiger partial charge in [-0.05, 0) is 36.8 Å². The van der Waals surface area contributed by atoms with Gasteiger partial charge >= 0.3 is 0 Å². The summed E-state index contributed by atoms with van der Waals surface area (Å²) in [4.78, 5) is 0. The van der Waals surface area contributed by atoms with Gasteiger partial charge < -0.3 is 5.32 Å². The van der Waals surface area contributed by atoms with Crippen molar-refractivity contribution in [3.05, 3.63) is 33.8 Å². The van der Waals surface area contributed by atoms with E-state index in [9.17, 15) is 0 Å². The molecule has 1 nitrogen and oxygen atoms in total. The third-order valence-corrected chi connectivity index (χ3v) is 5.62. The molecule has 0 radical (unpaired) electrons. The molecule has 1 aliphatic heterocycles. The molecule has 0 amide bonds. The molecule has 100 valence electrons. The van der Waals surface area contributed by atoms with E-state index < -0.39 is 0 Å². The Balaban J connectivity index is 2.25. The zero-order valence-corrected chi connectivity index (χ0v) is 12.9. The van der Waals surface area contributed by atoms with E-state index >= 15 is 0 Å². The average molecular weight is 304 g/mol. The van der Waals surface area contributed by atoms with Crippen LogP contribution in [0.3, 0.4) is 0 Å². The highest BCUT2D eigenvalue weighted by atomic mass is 35.5. The van der Waals surface area contributed by atoms with Crippen LogP contribution < -0.4 is 5.32 Å². The van der Waals surface area contributed by atoms with Gasteiger partial charge in [-0.25, -0.2) is 0 Å². The summed E-state index contributed by atoms with van der Waals surface area (Å²) in [6.45, 7) is 3.09. The zero-order valence-electron chi connectivity index (χ0n) is 10.6. The minimum Gasteiger partial charge on any atom is -0.309 e. The van der Waals surface area contributed by atoms with Crippen LogP contribution in [0, 0.1) is 0 Å². The quantitative estimate of drug-likeness (QED) is 0.846. The molecule has 4 heteroatoms. The van der Waals surface area contributed by atoms with Crippen LogP contribution in [0.25, 0.3) is 0 Å². The van der Waals surface area contributed by atoms with Crippen LogP contribution in [0.5, 0.6) is 0 Å². The van der Waals surface area contributed by atoms with Crippen LogP contribution in [-0.4, -0.2) is 17.5 Å². The normalized spacial score (nSPS) is 21.8. The first kappa shape index (κ1) is 14.5. The van der Waals surface area contributed by atoms with Gasteiger partial charge in [0.2, 0.25) is 0 Å². The Hall–Kier alpha value is 0.110. The molecule has 1 fully saturated rings. The molecule has 1 aromatic carbocycles. The van der Waals surface area contributed by atoms with Gasteiger partial charge in [-0.15, -0.1) is 0 Å². The zero-order chi connectivity index (χ0) is 13.0. The summed E-state index contributed by atoms with van der Waals surface area (Å²) in [5.74, 6) is 1.25. The molecule has 2 unspecified atom stereocenters. The Kier molecular flexibility index (Phi) is 5.68. The summed E-state index contributed by atoms with van der Waals surface area (Å²) in [5.41, 5.74) is 1.14. The van der Waals surface area contributed by atoms with Crippen molar-refractivity contribution in [3.63, 3.8) is 0 Å². The van der Waals surface area contributed by atoms with Gasteiger partial charge in [-0.2, -0.15) is 11.8 Å². The molecule has 2 atom stereocenters. The van der Waals surface area contributed by atoms with Crippen molar-refractivity contribution in [2.24, 2.45) is 0 Å². The monoisotopic (exact) mass is 303 g/mol. The molecule has 1 aliphatic rings. The van der Waals surface area contributed by atoms with E-state index in [0.29, 0.717) is 21.3 Å². The lowest BCUT2D eigenvalue weighted by molar-refractivity contribution is 0.491. The van der Waals surface area contributed by atoms with Crippen molar-refractivity contribution in [2.45, 2.75) is 37.5 Å². The van der Waals surface area contributed by atoms with Crippen molar-refractivity contribution >= 4 is 35.0 Å². The van der Waals surface area contributed by atoms with E-state index in [0.717, 1.165) is 12.1 Å². The van der Waals surface area contributed by atoms with Crippen molar-refractivity contribution < 1.29 is 0 Å². The first-order chi connectivity index (χ1) is 8.74. The second-order valence-electron chi connectivity index (χ2n) is 4.58. The molecule has 0 saturated carbocycles. The summed E-state index contributed by atoms with van der Waals surface area (Å²) in [6, 6.07) is 6.24. The van der Waals surface area contributed by atoms with E-state index in [4.69, 9.17) is 23.2 Å². The summed E-state index contributed by atoms with van der Waals surface area (Å²) in [7, 11) is 0.